The highest BCUT2D eigenvalue weighted by molar-refractivity contribution is 6.33. The number of fused-ring (bicyclic) bond motifs is 2. The third-order valence-corrected chi connectivity index (χ3v) is 5.38. The zero-order valence-corrected chi connectivity index (χ0v) is 12.7. The summed E-state index contributed by atoms with van der Waals surface area (Å²) < 4.78 is 7.39. The van der Waals surface area contributed by atoms with Crippen LogP contribution >= 0.6 is 11.6 Å². The van der Waals surface area contributed by atoms with Crippen LogP contribution in [0.1, 0.15) is 38.5 Å². The van der Waals surface area contributed by atoms with E-state index in [1.165, 1.54) is 19.3 Å². The first kappa shape index (κ1) is 13.6. The maximum Gasteiger partial charge on any atom is 0.291 e. The van der Waals surface area contributed by atoms with Crippen LogP contribution in [0.3, 0.4) is 0 Å². The second kappa shape index (κ2) is 5.29. The molecule has 4 rings (SSSR count). The standard InChI is InChI=1S/C15H20ClN3O2/c16-11-7-17-19(8-9-2-1-3-9)15(20)14(11)18-12-6-10-4-5-13(12)21-10/h7,9-10,12-13,18H,1-6,8H2. The predicted octanol–water partition coefficient (Wildman–Crippen LogP) is 2.43. The molecule has 0 amide bonds. The molecule has 21 heavy (non-hydrogen) atoms. The molecule has 1 N–H and O–H groups in total. The summed E-state index contributed by atoms with van der Waals surface area (Å²) >= 11 is 6.19. The average Bonchev–Trinajstić information content (AvgIpc) is 3.03. The number of aromatic nitrogens is 2. The molecule has 2 bridgehead atoms. The molecule has 1 saturated carbocycles. The summed E-state index contributed by atoms with van der Waals surface area (Å²) in [6, 6.07) is 0.202. The van der Waals surface area contributed by atoms with E-state index in [1.54, 1.807) is 10.9 Å². The smallest absolute Gasteiger partial charge is 0.291 e. The molecule has 1 aliphatic carbocycles. The highest BCUT2D eigenvalue weighted by atomic mass is 35.5. The molecule has 1 aromatic heterocycles. The molecule has 114 valence electrons. The summed E-state index contributed by atoms with van der Waals surface area (Å²) in [5, 5.41) is 7.92. The number of hydrogen-bond acceptors (Lipinski definition) is 4. The maximum atomic E-state index is 12.6. The molecule has 3 atom stereocenters. The lowest BCUT2D eigenvalue weighted by molar-refractivity contribution is 0.102. The number of anilines is 1. The zero-order valence-electron chi connectivity index (χ0n) is 11.9. The van der Waals surface area contributed by atoms with Crippen molar-refractivity contribution in [3.05, 3.63) is 21.6 Å². The summed E-state index contributed by atoms with van der Waals surface area (Å²) in [5.41, 5.74) is 0.393. The quantitative estimate of drug-likeness (QED) is 0.928. The fourth-order valence-corrected chi connectivity index (χ4v) is 3.80. The van der Waals surface area contributed by atoms with Crippen LogP contribution in [0.5, 0.6) is 0 Å². The summed E-state index contributed by atoms with van der Waals surface area (Å²) in [4.78, 5) is 12.6. The third-order valence-electron chi connectivity index (χ3n) is 5.09. The number of rotatable bonds is 4. The predicted molar refractivity (Wildman–Crippen MR) is 80.8 cm³/mol. The van der Waals surface area contributed by atoms with Crippen molar-refractivity contribution in [2.24, 2.45) is 5.92 Å². The first-order valence-corrected chi connectivity index (χ1v) is 8.26. The summed E-state index contributed by atoms with van der Waals surface area (Å²) in [6.45, 7) is 0.706. The highest BCUT2D eigenvalue weighted by Gasteiger charge is 2.41. The van der Waals surface area contributed by atoms with Crippen LogP contribution in [0.15, 0.2) is 11.0 Å². The van der Waals surface area contributed by atoms with E-state index >= 15 is 0 Å². The van der Waals surface area contributed by atoms with E-state index in [2.05, 4.69) is 10.4 Å². The van der Waals surface area contributed by atoms with E-state index in [4.69, 9.17) is 16.3 Å². The van der Waals surface area contributed by atoms with Gasteiger partial charge >= 0.3 is 0 Å². The summed E-state index contributed by atoms with van der Waals surface area (Å²) in [5.74, 6) is 0.593. The van der Waals surface area contributed by atoms with Gasteiger partial charge in [-0.05, 0) is 38.0 Å². The van der Waals surface area contributed by atoms with Gasteiger partial charge in [0, 0.05) is 6.54 Å². The molecule has 0 aromatic carbocycles. The first-order valence-electron chi connectivity index (χ1n) is 7.88. The van der Waals surface area contributed by atoms with Gasteiger partial charge in [0.15, 0.2) is 0 Å². The Kier molecular flexibility index (Phi) is 3.42. The van der Waals surface area contributed by atoms with E-state index < -0.39 is 0 Å². The van der Waals surface area contributed by atoms with E-state index in [0.717, 1.165) is 19.3 Å². The molecule has 3 heterocycles. The Morgan fingerprint density at radius 1 is 1.38 bits per heavy atom. The van der Waals surface area contributed by atoms with Crippen molar-refractivity contribution in [2.75, 3.05) is 5.32 Å². The fraction of sp³-hybridized carbons (Fsp3) is 0.733. The molecule has 3 unspecified atom stereocenters. The van der Waals surface area contributed by atoms with E-state index in [1.807, 2.05) is 0 Å². The Bertz CT molecular complexity index is 599. The van der Waals surface area contributed by atoms with Gasteiger partial charge in [-0.2, -0.15) is 5.10 Å². The first-order chi connectivity index (χ1) is 10.2. The van der Waals surface area contributed by atoms with E-state index in [0.29, 0.717) is 29.3 Å². The Labute approximate surface area is 128 Å². The second-order valence-electron chi connectivity index (χ2n) is 6.51. The molecule has 5 nitrogen and oxygen atoms in total. The van der Waals surface area contributed by atoms with Gasteiger partial charge in [-0.15, -0.1) is 0 Å². The molecule has 0 spiro atoms. The second-order valence-corrected chi connectivity index (χ2v) is 6.92. The third kappa shape index (κ3) is 2.46. The van der Waals surface area contributed by atoms with Gasteiger partial charge in [0.05, 0.1) is 29.5 Å². The summed E-state index contributed by atoms with van der Waals surface area (Å²) in [7, 11) is 0. The summed E-state index contributed by atoms with van der Waals surface area (Å²) in [6.07, 6.45) is 8.98. The fourth-order valence-electron chi connectivity index (χ4n) is 3.62. The van der Waals surface area contributed by atoms with E-state index in [9.17, 15) is 4.79 Å². The normalized spacial score (nSPS) is 31.4. The molecule has 2 aliphatic heterocycles. The van der Waals surface area contributed by atoms with E-state index in [-0.39, 0.29) is 17.7 Å². The Morgan fingerprint density at radius 3 is 2.86 bits per heavy atom. The molecule has 6 heteroatoms. The van der Waals surface area contributed by atoms with Crippen LogP contribution in [0.2, 0.25) is 5.02 Å². The van der Waals surface area contributed by atoms with Crippen molar-refractivity contribution in [3.63, 3.8) is 0 Å². The number of ether oxygens (including phenoxy) is 1. The molecule has 3 fully saturated rings. The Balaban J connectivity index is 1.55. The zero-order chi connectivity index (χ0) is 14.4. The van der Waals surface area contributed by atoms with Gasteiger partial charge in [-0.25, -0.2) is 4.68 Å². The molecule has 3 aliphatic rings. The number of halogens is 1. The molecule has 1 aromatic rings. The molecular weight excluding hydrogens is 290 g/mol. The van der Waals surface area contributed by atoms with Crippen LogP contribution in [-0.2, 0) is 11.3 Å². The van der Waals surface area contributed by atoms with Gasteiger partial charge in [0.25, 0.3) is 5.56 Å². The van der Waals surface area contributed by atoms with Gasteiger partial charge in [0.1, 0.15) is 5.69 Å². The largest absolute Gasteiger partial charge is 0.374 e. The van der Waals surface area contributed by atoms with Crippen molar-refractivity contribution >= 4 is 17.3 Å². The van der Waals surface area contributed by atoms with Crippen LogP contribution < -0.4 is 10.9 Å². The van der Waals surface area contributed by atoms with Crippen molar-refractivity contribution in [2.45, 2.75) is 63.3 Å². The maximum absolute atomic E-state index is 12.6. The van der Waals surface area contributed by atoms with Crippen molar-refractivity contribution in [1.29, 1.82) is 0 Å². The van der Waals surface area contributed by atoms with Gasteiger partial charge < -0.3 is 10.1 Å². The molecule has 0 radical (unpaired) electrons. The van der Waals surface area contributed by atoms with Crippen LogP contribution in [0.4, 0.5) is 5.69 Å². The van der Waals surface area contributed by atoms with Crippen LogP contribution in [0.25, 0.3) is 0 Å². The van der Waals surface area contributed by atoms with Gasteiger partial charge in [0.2, 0.25) is 0 Å². The Morgan fingerprint density at radius 2 is 2.24 bits per heavy atom. The lowest BCUT2D eigenvalue weighted by atomic mass is 9.85. The monoisotopic (exact) mass is 309 g/mol. The topological polar surface area (TPSA) is 56.1 Å². The molecule has 2 saturated heterocycles. The molecular formula is C15H20ClN3O2. The minimum Gasteiger partial charge on any atom is -0.374 e. The SMILES string of the molecule is O=c1c(NC2CC3CCC2O3)c(Cl)cnn1CC1CCC1. The lowest BCUT2D eigenvalue weighted by Gasteiger charge is -2.26. The lowest BCUT2D eigenvalue weighted by Crippen LogP contribution is -2.36. The van der Waals surface area contributed by atoms with Crippen LogP contribution in [0, 0.1) is 5.92 Å². The number of nitrogens with one attached hydrogen (secondary N) is 1. The van der Waals surface area contributed by atoms with Crippen molar-refractivity contribution < 1.29 is 4.74 Å². The average molecular weight is 310 g/mol. The Hall–Kier alpha value is -1.07. The van der Waals surface area contributed by atoms with Gasteiger partial charge in [-0.1, -0.05) is 18.0 Å². The number of nitrogens with zero attached hydrogens (tertiary/aromatic N) is 2. The highest BCUT2D eigenvalue weighted by Crippen LogP contribution is 2.36. The minimum absolute atomic E-state index is 0.0998. The van der Waals surface area contributed by atoms with Crippen molar-refractivity contribution in [1.82, 2.24) is 9.78 Å². The van der Waals surface area contributed by atoms with Crippen LogP contribution in [-0.4, -0.2) is 28.0 Å². The van der Waals surface area contributed by atoms with Gasteiger partial charge in [-0.3, -0.25) is 4.79 Å². The minimum atomic E-state index is -0.0998. The van der Waals surface area contributed by atoms with Crippen molar-refractivity contribution in [3.8, 4) is 0 Å². The number of hydrogen-bond donors (Lipinski definition) is 1.